The maximum Gasteiger partial charge on any atom is 0.191 e. The van der Waals surface area contributed by atoms with E-state index in [1.165, 1.54) is 37.0 Å². The van der Waals surface area contributed by atoms with Gasteiger partial charge in [-0.15, -0.1) is 24.0 Å². The monoisotopic (exact) mass is 568 g/mol. The number of hydrogen-bond donors (Lipinski definition) is 2. The van der Waals surface area contributed by atoms with Gasteiger partial charge in [-0.25, -0.2) is 0 Å². The van der Waals surface area contributed by atoms with Gasteiger partial charge in [0, 0.05) is 43.2 Å². The van der Waals surface area contributed by atoms with Crippen molar-refractivity contribution in [1.29, 1.82) is 0 Å². The van der Waals surface area contributed by atoms with Crippen LogP contribution in [0.25, 0.3) is 0 Å². The van der Waals surface area contributed by atoms with E-state index in [4.69, 9.17) is 4.99 Å². The van der Waals surface area contributed by atoms with Crippen LogP contribution in [0.1, 0.15) is 38.2 Å². The Balaban J connectivity index is 0.00000364. The van der Waals surface area contributed by atoms with Gasteiger partial charge in [0.05, 0.1) is 0 Å². The molecule has 0 unspecified atom stereocenters. The van der Waals surface area contributed by atoms with Gasteiger partial charge in [-0.2, -0.15) is 11.8 Å². The van der Waals surface area contributed by atoms with Gasteiger partial charge >= 0.3 is 0 Å². The number of nitrogens with one attached hydrogen (secondary N) is 2. The van der Waals surface area contributed by atoms with E-state index in [9.17, 15) is 0 Å². The number of halogens is 2. The van der Waals surface area contributed by atoms with E-state index in [-0.39, 0.29) is 24.0 Å². The number of hydrogen-bond acceptors (Lipinski definition) is 3. The molecule has 1 aromatic carbocycles. The molecule has 154 valence electrons. The van der Waals surface area contributed by atoms with Crippen LogP contribution in [0.2, 0.25) is 0 Å². The maximum atomic E-state index is 4.74. The smallest absolute Gasteiger partial charge is 0.191 e. The normalized spacial score (nSPS) is 16.0. The second-order valence-electron chi connectivity index (χ2n) is 6.78. The van der Waals surface area contributed by atoms with E-state index in [1.807, 2.05) is 11.8 Å². The van der Waals surface area contributed by atoms with Crippen molar-refractivity contribution in [1.82, 2.24) is 15.5 Å². The Kier molecular flexibility index (Phi) is 13.9. The molecular formula is C20H34BrIN4S. The summed E-state index contributed by atoms with van der Waals surface area (Å²) in [6.45, 7) is 7.29. The average Bonchev–Trinajstić information content (AvgIpc) is 2.65. The molecule has 0 bridgehead atoms. The van der Waals surface area contributed by atoms with Crippen LogP contribution in [0.5, 0.6) is 0 Å². The van der Waals surface area contributed by atoms with Crippen molar-refractivity contribution in [3.8, 4) is 0 Å². The van der Waals surface area contributed by atoms with Gasteiger partial charge in [0.2, 0.25) is 0 Å². The van der Waals surface area contributed by atoms with Gasteiger partial charge in [-0.1, -0.05) is 28.1 Å². The molecule has 2 N–H and O–H groups in total. The van der Waals surface area contributed by atoms with Gasteiger partial charge in [0.1, 0.15) is 0 Å². The maximum absolute atomic E-state index is 4.74. The average molecular weight is 569 g/mol. The predicted molar refractivity (Wildman–Crippen MR) is 135 cm³/mol. The Hall–Kier alpha value is 0.01000. The van der Waals surface area contributed by atoms with Crippen LogP contribution in [0.4, 0.5) is 0 Å². The summed E-state index contributed by atoms with van der Waals surface area (Å²) < 4.78 is 1.15. The van der Waals surface area contributed by atoms with Crippen molar-refractivity contribution in [2.24, 2.45) is 4.99 Å². The summed E-state index contributed by atoms with van der Waals surface area (Å²) in [6.07, 6.45) is 6.93. The Bertz CT molecular complexity index is 533. The number of rotatable bonds is 9. The lowest BCUT2D eigenvalue weighted by molar-refractivity contribution is 0.198. The number of piperidine rings is 1. The minimum absolute atomic E-state index is 0. The molecule has 0 atom stereocenters. The molecule has 0 saturated carbocycles. The summed E-state index contributed by atoms with van der Waals surface area (Å²) in [4.78, 5) is 7.29. The highest BCUT2D eigenvalue weighted by molar-refractivity contribution is 14.0. The standard InChI is InChI=1S/C20H33BrN4S.HI/c1-3-22-20(23-12-4-5-15-26-2)24-19-10-13-25(14-11-19)16-17-6-8-18(21)9-7-17;/h6-9,19H,3-5,10-16H2,1-2H3,(H2,22,23,24);1H. The highest BCUT2D eigenvalue weighted by atomic mass is 127. The topological polar surface area (TPSA) is 39.7 Å². The number of guanidine groups is 1. The molecule has 1 fully saturated rings. The first-order valence-corrected chi connectivity index (χ1v) is 11.9. The van der Waals surface area contributed by atoms with Crippen LogP contribution < -0.4 is 10.6 Å². The third-order valence-electron chi connectivity index (χ3n) is 4.62. The second-order valence-corrected chi connectivity index (χ2v) is 8.68. The summed E-state index contributed by atoms with van der Waals surface area (Å²) in [7, 11) is 0. The SMILES string of the molecule is CCNC(=NCCCCSC)NC1CCN(Cc2ccc(Br)cc2)CC1.I. The minimum Gasteiger partial charge on any atom is -0.357 e. The molecule has 27 heavy (non-hydrogen) atoms. The van der Waals surface area contributed by atoms with E-state index in [1.54, 1.807) is 0 Å². The van der Waals surface area contributed by atoms with Crippen molar-refractivity contribution in [3.05, 3.63) is 34.3 Å². The van der Waals surface area contributed by atoms with E-state index < -0.39 is 0 Å². The number of likely N-dealkylation sites (tertiary alicyclic amines) is 1. The molecule has 1 heterocycles. The quantitative estimate of drug-likeness (QED) is 0.195. The lowest BCUT2D eigenvalue weighted by atomic mass is 10.0. The van der Waals surface area contributed by atoms with Gasteiger partial charge in [-0.3, -0.25) is 9.89 Å². The number of unbranched alkanes of at least 4 members (excludes halogenated alkanes) is 1. The fourth-order valence-corrected chi connectivity index (χ4v) is 3.90. The first-order chi connectivity index (χ1) is 12.7. The molecule has 7 heteroatoms. The van der Waals surface area contributed by atoms with Crippen molar-refractivity contribution in [2.45, 2.75) is 45.2 Å². The van der Waals surface area contributed by atoms with E-state index in [2.05, 4.69) is 68.9 Å². The van der Waals surface area contributed by atoms with Gasteiger partial charge in [0.15, 0.2) is 5.96 Å². The summed E-state index contributed by atoms with van der Waals surface area (Å²) in [6, 6.07) is 9.20. The Morgan fingerprint density at radius 2 is 1.93 bits per heavy atom. The van der Waals surface area contributed by atoms with Crippen LogP contribution in [-0.2, 0) is 6.54 Å². The van der Waals surface area contributed by atoms with Crippen LogP contribution in [0.3, 0.4) is 0 Å². The van der Waals surface area contributed by atoms with Crippen molar-refractivity contribution < 1.29 is 0 Å². The zero-order valence-electron chi connectivity index (χ0n) is 16.5. The molecule has 1 aliphatic heterocycles. The van der Waals surface area contributed by atoms with Crippen LogP contribution in [0.15, 0.2) is 33.7 Å². The first-order valence-electron chi connectivity index (χ1n) is 9.72. The molecule has 0 amide bonds. The van der Waals surface area contributed by atoms with Crippen LogP contribution in [0, 0.1) is 0 Å². The summed E-state index contributed by atoms with van der Waals surface area (Å²) in [5.41, 5.74) is 1.39. The third-order valence-corrected chi connectivity index (χ3v) is 5.84. The van der Waals surface area contributed by atoms with Crippen LogP contribution >= 0.6 is 51.7 Å². The van der Waals surface area contributed by atoms with Gasteiger partial charge in [-0.05, 0) is 62.3 Å². The Labute approximate surface area is 194 Å². The van der Waals surface area contributed by atoms with Crippen LogP contribution in [-0.4, -0.2) is 55.1 Å². The predicted octanol–water partition coefficient (Wildman–Crippen LogP) is 4.73. The lowest BCUT2D eigenvalue weighted by Crippen LogP contribution is -2.48. The molecule has 0 aliphatic carbocycles. The first kappa shape index (κ1) is 25.0. The van der Waals surface area contributed by atoms with E-state index >= 15 is 0 Å². The molecular weight excluding hydrogens is 535 g/mol. The Morgan fingerprint density at radius 1 is 1.22 bits per heavy atom. The van der Waals surface area contributed by atoms with Crippen molar-refractivity contribution >= 4 is 57.6 Å². The molecule has 1 aliphatic rings. The number of nitrogens with zero attached hydrogens (tertiary/aromatic N) is 2. The fourth-order valence-electron chi connectivity index (χ4n) is 3.15. The number of thioether (sulfide) groups is 1. The Morgan fingerprint density at radius 3 is 2.56 bits per heavy atom. The highest BCUT2D eigenvalue weighted by Crippen LogP contribution is 2.16. The largest absolute Gasteiger partial charge is 0.357 e. The zero-order valence-corrected chi connectivity index (χ0v) is 21.3. The summed E-state index contributed by atoms with van der Waals surface area (Å²) in [5.74, 6) is 2.22. The van der Waals surface area contributed by atoms with Crippen molar-refractivity contribution in [2.75, 3.05) is 38.2 Å². The van der Waals surface area contributed by atoms with E-state index in [0.29, 0.717) is 6.04 Å². The molecule has 0 radical (unpaired) electrons. The van der Waals surface area contributed by atoms with Crippen molar-refractivity contribution in [3.63, 3.8) is 0 Å². The molecule has 0 spiro atoms. The molecule has 4 nitrogen and oxygen atoms in total. The van der Waals surface area contributed by atoms with Gasteiger partial charge in [0.25, 0.3) is 0 Å². The molecule has 0 aromatic heterocycles. The lowest BCUT2D eigenvalue weighted by Gasteiger charge is -2.33. The fraction of sp³-hybridized carbons (Fsp3) is 0.650. The third kappa shape index (κ3) is 10.4. The summed E-state index contributed by atoms with van der Waals surface area (Å²) in [5, 5.41) is 7.03. The molecule has 1 aromatic rings. The number of aliphatic imine (C=N–C) groups is 1. The molecule has 2 rings (SSSR count). The molecule has 1 saturated heterocycles. The minimum atomic E-state index is 0. The second kappa shape index (κ2) is 14.9. The highest BCUT2D eigenvalue weighted by Gasteiger charge is 2.20. The zero-order chi connectivity index (χ0) is 18.6. The summed E-state index contributed by atoms with van der Waals surface area (Å²) >= 11 is 5.42. The number of benzene rings is 1. The van der Waals surface area contributed by atoms with Gasteiger partial charge < -0.3 is 10.6 Å². The van der Waals surface area contributed by atoms with E-state index in [0.717, 1.165) is 43.2 Å².